The summed E-state index contributed by atoms with van der Waals surface area (Å²) in [5.41, 5.74) is 6.96. The molecule has 169 valence electrons. The first kappa shape index (κ1) is 28.0. The zero-order valence-electron chi connectivity index (χ0n) is 18.8. The summed E-state index contributed by atoms with van der Waals surface area (Å²) in [6, 6.07) is 6.38. The fourth-order valence-electron chi connectivity index (χ4n) is 3.63. The molecule has 0 amide bonds. The molecule has 0 spiro atoms. The van der Waals surface area contributed by atoms with Gasteiger partial charge in [0, 0.05) is 4.90 Å². The van der Waals surface area contributed by atoms with Gasteiger partial charge in [0.15, 0.2) is 0 Å². The Bertz CT molecular complexity index is 684. The van der Waals surface area contributed by atoms with Crippen molar-refractivity contribution in [1.29, 1.82) is 0 Å². The summed E-state index contributed by atoms with van der Waals surface area (Å²) < 4.78 is 28.3. The van der Waals surface area contributed by atoms with Crippen LogP contribution in [0, 0.1) is 36.5 Å². The molecule has 2 saturated carbocycles. The van der Waals surface area contributed by atoms with Gasteiger partial charge in [-0.3, -0.25) is 0 Å². The second-order valence-corrected chi connectivity index (χ2v) is 9.67. The number of sulfonamides is 1. The van der Waals surface area contributed by atoms with E-state index in [0.29, 0.717) is 0 Å². The van der Waals surface area contributed by atoms with E-state index in [9.17, 15) is 8.42 Å². The number of aryl methyl sites for hydroxylation is 1. The molecule has 0 saturated heterocycles. The van der Waals surface area contributed by atoms with Crippen LogP contribution < -0.4 is 5.73 Å². The SMILES string of the molecule is C[C]1[C](C)[C](C)[C](C)[C]1C.Cc1ccc(S(=O)(=O)[N-][C@@H]2CCCC[C@H]2N)cc1.[Cl][Rh+2]. The van der Waals surface area contributed by atoms with Gasteiger partial charge in [0.25, 0.3) is 0 Å². The first-order chi connectivity index (χ1) is 14.0. The van der Waals surface area contributed by atoms with E-state index in [2.05, 4.69) is 49.0 Å². The molecular formula is C23H34ClN2O2RhS+. The molecule has 0 unspecified atom stereocenters. The number of benzene rings is 1. The zero-order valence-corrected chi connectivity index (χ0v) is 22.0. The number of rotatable bonds is 3. The van der Waals surface area contributed by atoms with E-state index in [1.54, 1.807) is 24.3 Å². The molecule has 1 aromatic rings. The maximum absolute atomic E-state index is 12.1. The van der Waals surface area contributed by atoms with Crippen molar-refractivity contribution in [3.05, 3.63) is 64.1 Å². The van der Waals surface area contributed by atoms with Gasteiger partial charge in [0.1, 0.15) is 10.0 Å². The second-order valence-electron chi connectivity index (χ2n) is 8.03. The van der Waals surface area contributed by atoms with Gasteiger partial charge >= 0.3 is 27.0 Å². The summed E-state index contributed by atoms with van der Waals surface area (Å²) in [5.74, 6) is 7.34. The molecule has 2 aliphatic carbocycles. The number of halogens is 1. The molecular weight excluding hydrogens is 507 g/mol. The summed E-state index contributed by atoms with van der Waals surface area (Å²) in [6.07, 6.45) is 3.70. The Morgan fingerprint density at radius 3 is 1.63 bits per heavy atom. The fourth-order valence-corrected chi connectivity index (χ4v) is 4.85. The molecule has 2 fully saturated rings. The Balaban J connectivity index is 0.000000318. The molecule has 7 heteroatoms. The van der Waals surface area contributed by atoms with Gasteiger partial charge < -0.3 is 10.5 Å². The molecule has 1 aromatic carbocycles. The third kappa shape index (κ3) is 7.55. The molecule has 5 radical (unpaired) electrons. The standard InChI is InChI=1S/C13H19N2O2S.C10H15.ClH.Rh/c1-10-6-8-11(9-7-10)18(16,17)15-13-5-3-2-4-12(13)14;1-6-7(2)9(4)10(5)8(6)3;;/h6-9,12-13H,2-5,14H2,1H3;1-5H3;1H;/q-1;;;+3/p-1/t12-,13-;;;/m1.../s1. The fraction of sp³-hybridized carbons (Fsp3) is 0.522. The van der Waals surface area contributed by atoms with Gasteiger partial charge in [-0.1, -0.05) is 71.6 Å². The Labute approximate surface area is 198 Å². The molecule has 3 rings (SSSR count). The maximum atomic E-state index is 12.1. The van der Waals surface area contributed by atoms with E-state index in [1.807, 2.05) is 24.2 Å². The van der Waals surface area contributed by atoms with E-state index < -0.39 is 10.0 Å². The Hall–Kier alpha value is 0.00338. The van der Waals surface area contributed by atoms with Gasteiger partial charge in [-0.25, -0.2) is 8.42 Å². The van der Waals surface area contributed by atoms with E-state index in [0.717, 1.165) is 31.2 Å². The molecule has 4 nitrogen and oxygen atoms in total. The summed E-state index contributed by atoms with van der Waals surface area (Å²) in [5, 5.41) is 0. The zero-order chi connectivity index (χ0) is 23.1. The van der Waals surface area contributed by atoms with Crippen molar-refractivity contribution in [1.82, 2.24) is 0 Å². The number of hydrogen-bond acceptors (Lipinski definition) is 3. The second kappa shape index (κ2) is 12.9. The molecule has 2 N–H and O–H groups in total. The normalized spacial score (nSPS) is 24.7. The van der Waals surface area contributed by atoms with Gasteiger partial charge in [-0.05, 0) is 61.1 Å². The van der Waals surface area contributed by atoms with Crippen molar-refractivity contribution in [3.8, 4) is 0 Å². The monoisotopic (exact) mass is 540 g/mol. The van der Waals surface area contributed by atoms with Crippen molar-refractivity contribution < 1.29 is 25.7 Å². The van der Waals surface area contributed by atoms with Crippen LogP contribution in [0.5, 0.6) is 0 Å². The quantitative estimate of drug-likeness (QED) is 0.479. The van der Waals surface area contributed by atoms with E-state index in [1.165, 1.54) is 29.6 Å². The van der Waals surface area contributed by atoms with Crippen molar-refractivity contribution in [2.24, 2.45) is 5.73 Å². The number of hydrogen-bond donors (Lipinski definition) is 1. The average molecular weight is 541 g/mol. The summed E-state index contributed by atoms with van der Waals surface area (Å²) in [4.78, 5) is 0.255. The molecule has 0 bridgehead atoms. The van der Waals surface area contributed by atoms with Gasteiger partial charge in [-0.2, -0.15) is 0 Å². The first-order valence-corrected chi connectivity index (χ1v) is 13.7. The predicted molar refractivity (Wildman–Crippen MR) is 122 cm³/mol. The Kier molecular flexibility index (Phi) is 12.0. The summed E-state index contributed by atoms with van der Waals surface area (Å²) >= 11 is 2.02. The Morgan fingerprint density at radius 2 is 1.23 bits per heavy atom. The molecule has 30 heavy (non-hydrogen) atoms. The minimum atomic E-state index is -3.56. The van der Waals surface area contributed by atoms with Crippen molar-refractivity contribution in [3.63, 3.8) is 0 Å². The number of nitrogens with two attached hydrogens (primary N) is 1. The van der Waals surface area contributed by atoms with Crippen LogP contribution >= 0.6 is 9.69 Å². The predicted octanol–water partition coefficient (Wildman–Crippen LogP) is 5.99. The molecule has 0 heterocycles. The summed E-state index contributed by atoms with van der Waals surface area (Å²) in [7, 11) is 0.964. The molecule has 2 atom stereocenters. The third-order valence-corrected chi connectivity index (χ3v) is 7.60. The van der Waals surface area contributed by atoms with Crippen LogP contribution in [-0.2, 0) is 27.3 Å². The van der Waals surface area contributed by atoms with Crippen molar-refractivity contribution in [2.45, 2.75) is 84.2 Å². The van der Waals surface area contributed by atoms with E-state index >= 15 is 0 Å². The van der Waals surface area contributed by atoms with Crippen LogP contribution in [0.3, 0.4) is 0 Å². The van der Waals surface area contributed by atoms with Crippen LogP contribution in [0.4, 0.5) is 0 Å². The van der Waals surface area contributed by atoms with Crippen LogP contribution in [0.15, 0.2) is 29.2 Å². The van der Waals surface area contributed by atoms with E-state index in [4.69, 9.17) is 5.73 Å². The van der Waals surface area contributed by atoms with Gasteiger partial charge in [0.05, 0.1) is 0 Å². The van der Waals surface area contributed by atoms with Crippen molar-refractivity contribution in [2.75, 3.05) is 0 Å². The van der Waals surface area contributed by atoms with Crippen molar-refractivity contribution >= 4 is 19.7 Å². The molecule has 0 aromatic heterocycles. The van der Waals surface area contributed by atoms with Crippen LogP contribution in [0.2, 0.25) is 0 Å². The first-order valence-electron chi connectivity index (χ1n) is 10.2. The van der Waals surface area contributed by atoms with Crippen LogP contribution in [-0.4, -0.2) is 20.5 Å². The Morgan fingerprint density at radius 1 is 0.833 bits per heavy atom. The van der Waals surface area contributed by atoms with Crippen LogP contribution in [0.25, 0.3) is 4.72 Å². The minimum absolute atomic E-state index is 0.126. The molecule has 2 aliphatic rings. The third-order valence-electron chi connectivity index (χ3n) is 6.19. The van der Waals surface area contributed by atoms with Crippen LogP contribution in [0.1, 0.15) is 65.9 Å². The number of nitrogens with zero attached hydrogens (tertiary/aromatic N) is 1. The van der Waals surface area contributed by atoms with Gasteiger partial charge in [-0.15, -0.1) is 6.04 Å². The average Bonchev–Trinajstić information content (AvgIpc) is 2.89. The summed E-state index contributed by atoms with van der Waals surface area (Å²) in [6.45, 7) is 12.9. The molecule has 0 aliphatic heterocycles. The van der Waals surface area contributed by atoms with Gasteiger partial charge in [0.2, 0.25) is 0 Å². The topological polar surface area (TPSA) is 74.3 Å². The van der Waals surface area contributed by atoms with E-state index in [-0.39, 0.29) is 17.0 Å².